The van der Waals surface area contributed by atoms with Crippen LogP contribution in [0.15, 0.2) is 36.7 Å². The number of hydrogen-bond acceptors (Lipinski definition) is 4. The number of hydrogen-bond donors (Lipinski definition) is 2. The molecule has 0 aliphatic carbocycles. The molecule has 1 atom stereocenters. The monoisotopic (exact) mass is 376 g/mol. The van der Waals surface area contributed by atoms with Gasteiger partial charge in [-0.25, -0.2) is 14.3 Å². The van der Waals surface area contributed by atoms with E-state index in [1.807, 2.05) is 43.6 Å². The summed E-state index contributed by atoms with van der Waals surface area (Å²) in [5, 5.41) is 16.1. The maximum atomic E-state index is 12.3. The fraction of sp³-hybridized carbons (Fsp3) is 0.389. The van der Waals surface area contributed by atoms with Gasteiger partial charge in [0.05, 0.1) is 18.4 Å². The highest BCUT2D eigenvalue weighted by Crippen LogP contribution is 2.11. The van der Waals surface area contributed by atoms with Crippen molar-refractivity contribution in [1.29, 1.82) is 0 Å². The summed E-state index contributed by atoms with van der Waals surface area (Å²) >= 11 is 1.55. The van der Waals surface area contributed by atoms with E-state index >= 15 is 0 Å². The molecule has 7 nitrogen and oxygen atoms in total. The van der Waals surface area contributed by atoms with E-state index in [1.54, 1.807) is 29.7 Å². The van der Waals surface area contributed by atoms with Crippen LogP contribution < -0.4 is 5.32 Å². The normalized spacial score (nSPS) is 11.8. The van der Waals surface area contributed by atoms with Crippen LogP contribution in [0.25, 0.3) is 5.69 Å². The number of aromatic nitrogens is 2. The summed E-state index contributed by atoms with van der Waals surface area (Å²) in [6, 6.07) is 6.67. The Morgan fingerprint density at radius 3 is 2.85 bits per heavy atom. The summed E-state index contributed by atoms with van der Waals surface area (Å²) < 4.78 is 1.76. The maximum absolute atomic E-state index is 12.3. The SMILES string of the molecule is CSCC[C@H](NC(=O)N(C)Cc1cnn(-c2cccc(C)c2)c1)C(=O)O. The Kier molecular flexibility index (Phi) is 7.08. The van der Waals surface area contributed by atoms with Crippen LogP contribution in [-0.4, -0.2) is 56.9 Å². The van der Waals surface area contributed by atoms with E-state index in [0.29, 0.717) is 18.7 Å². The Balaban J connectivity index is 1.97. The van der Waals surface area contributed by atoms with Crippen molar-refractivity contribution in [3.05, 3.63) is 47.8 Å². The van der Waals surface area contributed by atoms with Crippen LogP contribution in [0.2, 0.25) is 0 Å². The topological polar surface area (TPSA) is 87.5 Å². The Bertz CT molecular complexity index is 762. The highest BCUT2D eigenvalue weighted by molar-refractivity contribution is 7.98. The molecular weight excluding hydrogens is 352 g/mol. The van der Waals surface area contributed by atoms with Gasteiger partial charge in [-0.2, -0.15) is 16.9 Å². The molecular formula is C18H24N4O3S. The number of aliphatic carboxylic acids is 1. The fourth-order valence-electron chi connectivity index (χ4n) is 2.45. The molecule has 0 fully saturated rings. The van der Waals surface area contributed by atoms with Gasteiger partial charge in [-0.3, -0.25) is 0 Å². The zero-order valence-electron chi connectivity index (χ0n) is 15.2. The highest BCUT2D eigenvalue weighted by atomic mass is 32.2. The number of benzene rings is 1. The smallest absolute Gasteiger partial charge is 0.326 e. The van der Waals surface area contributed by atoms with Crippen LogP contribution in [0.3, 0.4) is 0 Å². The second-order valence-electron chi connectivity index (χ2n) is 6.11. The van der Waals surface area contributed by atoms with Crippen molar-refractivity contribution in [3.63, 3.8) is 0 Å². The molecule has 2 N–H and O–H groups in total. The van der Waals surface area contributed by atoms with Gasteiger partial charge in [0.15, 0.2) is 0 Å². The summed E-state index contributed by atoms with van der Waals surface area (Å²) in [5.74, 6) is -0.349. The van der Waals surface area contributed by atoms with Crippen molar-refractivity contribution in [1.82, 2.24) is 20.0 Å². The third-order valence-electron chi connectivity index (χ3n) is 3.88. The van der Waals surface area contributed by atoms with Gasteiger partial charge in [-0.15, -0.1) is 0 Å². The summed E-state index contributed by atoms with van der Waals surface area (Å²) in [6.07, 6.45) is 5.86. The maximum Gasteiger partial charge on any atom is 0.326 e. The lowest BCUT2D eigenvalue weighted by Crippen LogP contribution is -2.46. The molecule has 1 aromatic carbocycles. The number of aryl methyl sites for hydroxylation is 1. The molecule has 2 rings (SSSR count). The number of nitrogens with one attached hydrogen (secondary N) is 1. The van der Waals surface area contributed by atoms with Crippen molar-refractivity contribution >= 4 is 23.8 Å². The molecule has 0 aliphatic rings. The minimum Gasteiger partial charge on any atom is -0.480 e. The van der Waals surface area contributed by atoms with E-state index in [1.165, 1.54) is 4.90 Å². The van der Waals surface area contributed by atoms with Gasteiger partial charge < -0.3 is 15.3 Å². The fourth-order valence-corrected chi connectivity index (χ4v) is 2.92. The molecule has 2 aromatic rings. The number of urea groups is 1. The Morgan fingerprint density at radius 2 is 2.19 bits per heavy atom. The van der Waals surface area contributed by atoms with Crippen molar-refractivity contribution in [2.45, 2.75) is 25.9 Å². The first kappa shape index (κ1) is 19.8. The van der Waals surface area contributed by atoms with Gasteiger partial charge in [-0.05, 0) is 43.0 Å². The van der Waals surface area contributed by atoms with Gasteiger partial charge in [0.1, 0.15) is 6.04 Å². The van der Waals surface area contributed by atoms with E-state index in [0.717, 1.165) is 16.8 Å². The predicted molar refractivity (Wildman–Crippen MR) is 103 cm³/mol. The van der Waals surface area contributed by atoms with Gasteiger partial charge in [0, 0.05) is 18.8 Å². The molecule has 8 heteroatoms. The Morgan fingerprint density at radius 1 is 1.42 bits per heavy atom. The predicted octanol–water partition coefficient (Wildman–Crippen LogP) is 2.53. The largest absolute Gasteiger partial charge is 0.480 e. The zero-order valence-corrected chi connectivity index (χ0v) is 16.0. The number of carboxylic acid groups (broad SMARTS) is 1. The first-order valence-corrected chi connectivity index (χ1v) is 9.64. The number of carbonyl (C=O) groups is 2. The second-order valence-corrected chi connectivity index (χ2v) is 7.10. The molecule has 1 heterocycles. The van der Waals surface area contributed by atoms with Gasteiger partial charge in [0.25, 0.3) is 0 Å². The van der Waals surface area contributed by atoms with Crippen molar-refractivity contribution in [2.24, 2.45) is 0 Å². The van der Waals surface area contributed by atoms with E-state index < -0.39 is 18.0 Å². The van der Waals surface area contributed by atoms with Crippen LogP contribution in [-0.2, 0) is 11.3 Å². The third kappa shape index (κ3) is 5.52. The molecule has 1 aromatic heterocycles. The zero-order chi connectivity index (χ0) is 19.1. The molecule has 0 saturated carbocycles. The van der Waals surface area contributed by atoms with E-state index in [-0.39, 0.29) is 0 Å². The van der Waals surface area contributed by atoms with Gasteiger partial charge in [-0.1, -0.05) is 12.1 Å². The second kappa shape index (κ2) is 9.28. The molecule has 0 bridgehead atoms. The van der Waals surface area contributed by atoms with Crippen molar-refractivity contribution in [2.75, 3.05) is 19.1 Å². The molecule has 0 saturated heterocycles. The highest BCUT2D eigenvalue weighted by Gasteiger charge is 2.21. The number of rotatable bonds is 8. The average molecular weight is 376 g/mol. The minimum absolute atomic E-state index is 0.340. The number of nitrogens with zero attached hydrogens (tertiary/aromatic N) is 3. The van der Waals surface area contributed by atoms with Crippen molar-refractivity contribution < 1.29 is 14.7 Å². The summed E-state index contributed by atoms with van der Waals surface area (Å²) in [5.41, 5.74) is 2.95. The summed E-state index contributed by atoms with van der Waals surface area (Å²) in [4.78, 5) is 25.0. The standard InChI is InChI=1S/C18H24N4O3S/c1-13-5-4-6-15(9-13)22-12-14(10-19-22)11-21(2)18(25)20-16(17(23)24)7-8-26-3/h4-6,9-10,12,16H,7-8,11H2,1-3H3,(H,20,25)(H,23,24)/t16-/m0/s1. The van der Waals surface area contributed by atoms with E-state index in [4.69, 9.17) is 0 Å². The van der Waals surface area contributed by atoms with Crippen LogP contribution in [0.5, 0.6) is 0 Å². The Hall–Kier alpha value is -2.48. The molecule has 0 radical (unpaired) electrons. The van der Waals surface area contributed by atoms with Crippen LogP contribution in [0.1, 0.15) is 17.5 Å². The van der Waals surface area contributed by atoms with Crippen molar-refractivity contribution in [3.8, 4) is 5.69 Å². The quantitative estimate of drug-likeness (QED) is 0.739. The lowest BCUT2D eigenvalue weighted by atomic mass is 10.2. The molecule has 0 spiro atoms. The molecule has 26 heavy (non-hydrogen) atoms. The number of thioether (sulfide) groups is 1. The number of carbonyl (C=O) groups excluding carboxylic acids is 1. The Labute approximate surface area is 157 Å². The van der Waals surface area contributed by atoms with Crippen LogP contribution in [0.4, 0.5) is 4.79 Å². The first-order valence-electron chi connectivity index (χ1n) is 8.24. The number of amides is 2. The lowest BCUT2D eigenvalue weighted by molar-refractivity contribution is -0.139. The third-order valence-corrected chi connectivity index (χ3v) is 4.52. The summed E-state index contributed by atoms with van der Waals surface area (Å²) in [7, 11) is 1.63. The van der Waals surface area contributed by atoms with Crippen LogP contribution in [0, 0.1) is 6.92 Å². The van der Waals surface area contributed by atoms with E-state index in [9.17, 15) is 14.7 Å². The van der Waals surface area contributed by atoms with Crippen LogP contribution >= 0.6 is 11.8 Å². The molecule has 2 amide bonds. The van der Waals surface area contributed by atoms with Gasteiger partial charge >= 0.3 is 12.0 Å². The number of carboxylic acids is 1. The molecule has 0 aliphatic heterocycles. The molecule has 140 valence electrons. The average Bonchev–Trinajstić information content (AvgIpc) is 3.06. The lowest BCUT2D eigenvalue weighted by Gasteiger charge is -2.20. The summed E-state index contributed by atoms with van der Waals surface area (Å²) in [6.45, 7) is 2.36. The van der Waals surface area contributed by atoms with E-state index in [2.05, 4.69) is 10.4 Å². The minimum atomic E-state index is -1.02. The van der Waals surface area contributed by atoms with Gasteiger partial charge in [0.2, 0.25) is 0 Å². The first-order chi connectivity index (χ1) is 12.4. The molecule has 0 unspecified atom stereocenters.